The van der Waals surface area contributed by atoms with Gasteiger partial charge in [-0.2, -0.15) is 0 Å². The van der Waals surface area contributed by atoms with Gasteiger partial charge >= 0.3 is 0 Å². The molecule has 0 atom stereocenters. The third kappa shape index (κ3) is 4.43. The van der Waals surface area contributed by atoms with Crippen LogP contribution in [0.1, 0.15) is 13.8 Å². The molecule has 11 heavy (non-hydrogen) atoms. The molecule has 0 amide bonds. The Balaban J connectivity index is 4.11. The summed E-state index contributed by atoms with van der Waals surface area (Å²) in [6, 6.07) is 0. The molecule has 0 saturated heterocycles. The van der Waals surface area contributed by atoms with Crippen molar-refractivity contribution in [1.82, 2.24) is 5.32 Å². The minimum Gasteiger partial charge on any atom is -0.391 e. The van der Waals surface area contributed by atoms with Gasteiger partial charge < -0.3 is 5.32 Å². The van der Waals surface area contributed by atoms with E-state index in [-0.39, 0.29) is 0 Å². The molecule has 0 aromatic rings. The molecule has 62 valence electrons. The van der Waals surface area contributed by atoms with Crippen molar-refractivity contribution in [2.75, 3.05) is 7.05 Å². The van der Waals surface area contributed by atoms with Gasteiger partial charge in [-0.25, -0.2) is 0 Å². The molecule has 0 aliphatic heterocycles. The summed E-state index contributed by atoms with van der Waals surface area (Å²) in [5, 5.41) is 3.14. The normalized spacial score (nSPS) is 12.5. The Morgan fingerprint density at radius 2 is 2.00 bits per heavy atom. The van der Waals surface area contributed by atoms with Crippen molar-refractivity contribution in [3.63, 3.8) is 0 Å². The van der Waals surface area contributed by atoms with E-state index >= 15 is 0 Å². The first-order chi connectivity index (χ1) is 5.22. The van der Waals surface area contributed by atoms with E-state index in [1.165, 1.54) is 5.70 Å². The van der Waals surface area contributed by atoms with E-state index in [0.717, 1.165) is 0 Å². The number of hydrogen-bond donors (Lipinski definition) is 1. The molecule has 0 heterocycles. The number of hydrogen-bond acceptors (Lipinski definition) is 1. The topological polar surface area (TPSA) is 12.0 Å². The Bertz CT molecular complexity index is 164. The highest BCUT2D eigenvalue weighted by Crippen LogP contribution is 2.04. The molecule has 0 radical (unpaired) electrons. The fraction of sp³-hybridized carbons (Fsp3) is 0.400. The lowest BCUT2D eigenvalue weighted by atomic mass is 10.1. The highest BCUT2D eigenvalue weighted by Gasteiger charge is 1.96. The zero-order chi connectivity index (χ0) is 8.69. The Hall–Kier alpha value is -0.980. The molecular weight excluding hydrogens is 134 g/mol. The maximum Gasteiger partial charge on any atom is 0.0130 e. The van der Waals surface area contributed by atoms with Crippen molar-refractivity contribution in [2.45, 2.75) is 13.8 Å². The molecule has 1 heteroatoms. The van der Waals surface area contributed by atoms with E-state index < -0.39 is 0 Å². The smallest absolute Gasteiger partial charge is 0.0130 e. The molecule has 0 aliphatic rings. The van der Waals surface area contributed by atoms with Crippen molar-refractivity contribution in [3.05, 3.63) is 36.6 Å². The van der Waals surface area contributed by atoms with E-state index in [9.17, 15) is 0 Å². The van der Waals surface area contributed by atoms with Gasteiger partial charge in [-0.3, -0.25) is 0 Å². The summed E-state index contributed by atoms with van der Waals surface area (Å²) in [7, 11) is 1.94. The van der Waals surface area contributed by atoms with Crippen LogP contribution in [0.5, 0.6) is 0 Å². The fourth-order valence-electron chi connectivity index (χ4n) is 0.802. The van der Waals surface area contributed by atoms with Gasteiger partial charge in [-0.1, -0.05) is 38.7 Å². The number of rotatable bonds is 4. The molecule has 0 rings (SSSR count). The van der Waals surface area contributed by atoms with Crippen LogP contribution in [0.4, 0.5) is 0 Å². The van der Waals surface area contributed by atoms with Crippen molar-refractivity contribution in [3.8, 4) is 0 Å². The maximum atomic E-state index is 3.59. The number of allylic oxidation sites excluding steroid dienone is 5. The van der Waals surface area contributed by atoms with Gasteiger partial charge in [0.25, 0.3) is 0 Å². The fourth-order valence-corrected chi connectivity index (χ4v) is 0.802. The first kappa shape index (κ1) is 10.0. The quantitative estimate of drug-likeness (QED) is 0.609. The predicted octanol–water partition coefficient (Wildman–Crippen LogP) is 2.49. The first-order valence-electron chi connectivity index (χ1n) is 3.89. The summed E-state index contributed by atoms with van der Waals surface area (Å²) in [4.78, 5) is 0. The number of nitrogens with one attached hydrogen (secondary N) is 1. The zero-order valence-electron chi connectivity index (χ0n) is 7.59. The molecule has 0 fully saturated rings. The van der Waals surface area contributed by atoms with Gasteiger partial charge in [0.2, 0.25) is 0 Å². The van der Waals surface area contributed by atoms with Crippen LogP contribution in [0.25, 0.3) is 0 Å². The molecule has 0 aromatic heterocycles. The summed E-state index contributed by atoms with van der Waals surface area (Å²) in [6.45, 7) is 7.91. The lowest BCUT2D eigenvalue weighted by Crippen LogP contribution is -2.10. The molecule has 0 aromatic carbocycles. The monoisotopic (exact) mass is 151 g/mol. The lowest BCUT2D eigenvalue weighted by molar-refractivity contribution is 0.699. The first-order valence-corrected chi connectivity index (χ1v) is 3.89. The highest BCUT2D eigenvalue weighted by atomic mass is 14.8. The summed E-state index contributed by atoms with van der Waals surface area (Å²) >= 11 is 0. The average molecular weight is 151 g/mol. The van der Waals surface area contributed by atoms with Crippen LogP contribution in [0.3, 0.4) is 0 Å². The van der Waals surface area contributed by atoms with Crippen LogP contribution in [0.15, 0.2) is 36.6 Å². The van der Waals surface area contributed by atoms with Crippen molar-refractivity contribution in [2.24, 2.45) is 5.92 Å². The second kappa shape index (κ2) is 5.78. The van der Waals surface area contributed by atoms with Gasteiger partial charge in [0.15, 0.2) is 0 Å². The van der Waals surface area contributed by atoms with Gasteiger partial charge in [-0.05, 0) is 12.0 Å². The third-order valence-corrected chi connectivity index (χ3v) is 1.43. The van der Waals surface area contributed by atoms with E-state index in [4.69, 9.17) is 0 Å². The molecule has 1 nitrogen and oxygen atoms in total. The van der Waals surface area contributed by atoms with Gasteiger partial charge in [0, 0.05) is 12.7 Å². The molecule has 0 saturated carbocycles. The van der Waals surface area contributed by atoms with Gasteiger partial charge in [-0.15, -0.1) is 0 Å². The Morgan fingerprint density at radius 3 is 2.36 bits per heavy atom. The van der Waals surface area contributed by atoms with Crippen molar-refractivity contribution < 1.29 is 0 Å². The largest absolute Gasteiger partial charge is 0.391 e. The van der Waals surface area contributed by atoms with E-state index in [1.54, 1.807) is 6.08 Å². The van der Waals surface area contributed by atoms with E-state index in [2.05, 4.69) is 31.8 Å². The molecule has 0 bridgehead atoms. The van der Waals surface area contributed by atoms with E-state index in [1.807, 2.05) is 19.2 Å². The molecule has 0 aliphatic carbocycles. The Labute approximate surface area is 69.5 Å². The molecule has 1 N–H and O–H groups in total. The Morgan fingerprint density at radius 1 is 1.36 bits per heavy atom. The van der Waals surface area contributed by atoms with Crippen LogP contribution in [0.2, 0.25) is 0 Å². The second-order valence-corrected chi connectivity index (χ2v) is 2.65. The van der Waals surface area contributed by atoms with Crippen LogP contribution < -0.4 is 5.32 Å². The zero-order valence-corrected chi connectivity index (χ0v) is 7.59. The Kier molecular flexibility index (Phi) is 5.26. The van der Waals surface area contributed by atoms with Crippen LogP contribution in [0, 0.1) is 5.92 Å². The third-order valence-electron chi connectivity index (χ3n) is 1.43. The van der Waals surface area contributed by atoms with E-state index in [0.29, 0.717) is 5.92 Å². The minimum absolute atomic E-state index is 0.550. The van der Waals surface area contributed by atoms with Crippen molar-refractivity contribution >= 4 is 0 Å². The predicted molar refractivity (Wildman–Crippen MR) is 51.3 cm³/mol. The van der Waals surface area contributed by atoms with Crippen LogP contribution in [-0.2, 0) is 0 Å². The molecule has 0 unspecified atom stereocenters. The van der Waals surface area contributed by atoms with Crippen LogP contribution >= 0.6 is 0 Å². The summed E-state index contributed by atoms with van der Waals surface area (Å²) in [5.41, 5.74) is 1.24. The van der Waals surface area contributed by atoms with Gasteiger partial charge in [0.1, 0.15) is 0 Å². The SMILES string of the molecule is C=C/C=C\C=C(\NC)C(C)C. The standard InChI is InChI=1S/C10H17N/c1-5-6-7-8-10(11-4)9(2)3/h5-9,11H,1H2,2-4H3/b7-6-,10-8+. The summed E-state index contributed by atoms with van der Waals surface area (Å²) < 4.78 is 0. The summed E-state index contributed by atoms with van der Waals surface area (Å²) in [5.74, 6) is 0.550. The molecule has 0 spiro atoms. The van der Waals surface area contributed by atoms with Crippen LogP contribution in [-0.4, -0.2) is 7.05 Å². The highest BCUT2D eigenvalue weighted by molar-refractivity contribution is 5.15. The second-order valence-electron chi connectivity index (χ2n) is 2.65. The van der Waals surface area contributed by atoms with Gasteiger partial charge in [0.05, 0.1) is 0 Å². The average Bonchev–Trinajstić information content (AvgIpc) is 1.97. The molecular formula is C10H17N. The summed E-state index contributed by atoms with van der Waals surface area (Å²) in [6.07, 6.45) is 7.73. The van der Waals surface area contributed by atoms with Crippen molar-refractivity contribution in [1.29, 1.82) is 0 Å². The minimum atomic E-state index is 0.550. The maximum absolute atomic E-state index is 3.59. The lowest BCUT2D eigenvalue weighted by Gasteiger charge is -2.08.